The molecule has 1 aromatic carbocycles. The Labute approximate surface area is 205 Å². The molecule has 3 aromatic rings. The number of hydrogen-bond donors (Lipinski definition) is 5. The Kier molecular flexibility index (Phi) is 6.26. The van der Waals surface area contributed by atoms with E-state index >= 15 is 0 Å². The summed E-state index contributed by atoms with van der Waals surface area (Å²) in [5, 5.41) is 12.6. The molecule has 1 atom stereocenters. The number of ether oxygens (including phenoxy) is 1. The molecule has 9 nitrogen and oxygen atoms in total. The molecule has 2 amide bonds. The third-order valence-corrected chi connectivity index (χ3v) is 8.11. The molecule has 5 N–H and O–H groups in total. The van der Waals surface area contributed by atoms with Crippen LogP contribution < -0.4 is 47.2 Å². The first-order valence-electron chi connectivity index (χ1n) is 10.8. The number of H-pyrrole nitrogens is 1. The van der Waals surface area contributed by atoms with E-state index in [0.29, 0.717) is 42.1 Å². The van der Waals surface area contributed by atoms with Crippen molar-refractivity contribution in [3.05, 3.63) is 53.7 Å². The number of rotatable bonds is 3. The average Bonchev–Trinajstić information content (AvgIpc) is 3.17. The number of nitrogens with one attached hydrogen (secondary N) is 5. The molecule has 5 rings (SSSR count). The van der Waals surface area contributed by atoms with Crippen molar-refractivity contribution in [2.75, 3.05) is 30.8 Å². The molecule has 2 aliphatic rings. The Balaban J connectivity index is 1.68. The Hall–Kier alpha value is -3.35. The summed E-state index contributed by atoms with van der Waals surface area (Å²) < 4.78 is 19.5. The van der Waals surface area contributed by atoms with Gasteiger partial charge < -0.3 is 0 Å². The van der Waals surface area contributed by atoms with E-state index in [0.717, 1.165) is 23.4 Å². The number of fused-ring (bicyclic) bond motifs is 4. The molecule has 11 heteroatoms. The molecule has 0 saturated carbocycles. The molecule has 0 radical (unpaired) electrons. The molecule has 0 saturated heterocycles. The first kappa shape index (κ1) is 22.4. The Morgan fingerprint density at radius 3 is 2.91 bits per heavy atom. The van der Waals surface area contributed by atoms with Crippen LogP contribution in [0.4, 0.5) is 26.2 Å². The summed E-state index contributed by atoms with van der Waals surface area (Å²) in [4.78, 5) is 33.3. The van der Waals surface area contributed by atoms with E-state index < -0.39 is 27.0 Å². The molecular weight excluding hydrogens is 554 g/mol. The van der Waals surface area contributed by atoms with Crippen LogP contribution in [-0.4, -0.2) is 44.0 Å². The van der Waals surface area contributed by atoms with Gasteiger partial charge in [-0.3, -0.25) is 0 Å². The second kappa shape index (κ2) is 9.49. The molecular formula is C23H23FIN6O3-. The van der Waals surface area contributed by atoms with Crippen molar-refractivity contribution < 1.29 is 39.9 Å². The van der Waals surface area contributed by atoms with Gasteiger partial charge in [0, 0.05) is 0 Å². The number of alkyl halides is 1. The van der Waals surface area contributed by atoms with E-state index in [1.807, 2.05) is 6.07 Å². The van der Waals surface area contributed by atoms with Gasteiger partial charge in [0.1, 0.15) is 0 Å². The van der Waals surface area contributed by atoms with Crippen LogP contribution in [0.5, 0.6) is 5.75 Å². The van der Waals surface area contributed by atoms with Gasteiger partial charge in [0.05, 0.1) is 0 Å². The molecule has 0 fully saturated rings. The quantitative estimate of drug-likeness (QED) is 0.131. The number of hydrogen-bond acceptors (Lipinski definition) is 6. The van der Waals surface area contributed by atoms with Crippen molar-refractivity contribution >= 4 is 26.9 Å². The summed E-state index contributed by atoms with van der Waals surface area (Å²) in [7, 11) is 1.40. The maximum atomic E-state index is 14.4. The van der Waals surface area contributed by atoms with Crippen LogP contribution in [0, 0.1) is 5.82 Å². The number of methoxy groups -OCH3 is 1. The summed E-state index contributed by atoms with van der Waals surface area (Å²) in [6.07, 6.45) is 4.66. The van der Waals surface area contributed by atoms with Crippen molar-refractivity contribution in [3.8, 4) is 17.0 Å². The number of anilines is 3. The standard InChI is InChI=1S/C23H23FIN6O3/c1-34-21-13(24)4-2-5-14(21)29-20-18-15-10-17(31-22(18)32)25-23(33)28-8-3-7-27-16-11-26-9-6-12(16)19(20)30-15/h2,4-6,9,11,17,27,29-30H,3,7-8,10H2,1H3,(H,28,33)(H,31,32)/q-1. The number of halogens is 2. The fourth-order valence-corrected chi connectivity index (χ4v) is 6.42. The van der Waals surface area contributed by atoms with Crippen molar-refractivity contribution in [2.24, 2.45) is 0 Å². The van der Waals surface area contributed by atoms with Gasteiger partial charge >= 0.3 is 206 Å². The van der Waals surface area contributed by atoms with E-state index in [1.165, 1.54) is 13.2 Å². The zero-order chi connectivity index (χ0) is 23.7. The van der Waals surface area contributed by atoms with Crippen LogP contribution in [0.25, 0.3) is 11.3 Å². The molecule has 2 aromatic heterocycles. The number of aromatic amines is 1. The molecule has 0 spiro atoms. The fraction of sp³-hybridized carbons (Fsp3) is 0.261. The minimum absolute atomic E-state index is 0.00121. The summed E-state index contributed by atoms with van der Waals surface area (Å²) in [5.74, 6) is -0.736. The number of pyridine rings is 1. The van der Waals surface area contributed by atoms with Gasteiger partial charge in [0.15, 0.2) is 0 Å². The average molecular weight is 577 g/mol. The number of para-hydroxylation sites is 1. The van der Waals surface area contributed by atoms with Crippen molar-refractivity contribution in [2.45, 2.75) is 16.9 Å². The van der Waals surface area contributed by atoms with Crippen LogP contribution >= 0.6 is 0 Å². The van der Waals surface area contributed by atoms with Gasteiger partial charge in [-0.05, 0) is 0 Å². The van der Waals surface area contributed by atoms with Gasteiger partial charge in [-0.2, -0.15) is 0 Å². The SMILES string of the molecule is COc1c(F)cccc1Nc1c2[nH]c3c1C(=O)NC(C3)[I-]C(=O)NCCCNc1cnccc1-2. The number of carbonyl (C=O) groups excluding carboxylic acids is 2. The molecule has 0 aliphatic carbocycles. The number of benzene rings is 1. The third kappa shape index (κ3) is 4.27. The summed E-state index contributed by atoms with van der Waals surface area (Å²) in [5.41, 5.74) is 4.37. The Bertz CT molecular complexity index is 1260. The van der Waals surface area contributed by atoms with Crippen molar-refractivity contribution in [1.82, 2.24) is 20.6 Å². The van der Waals surface area contributed by atoms with Crippen LogP contribution in [-0.2, 0) is 6.42 Å². The van der Waals surface area contributed by atoms with Gasteiger partial charge in [-0.15, -0.1) is 0 Å². The molecule has 4 heterocycles. The van der Waals surface area contributed by atoms with Crippen LogP contribution in [0.3, 0.4) is 0 Å². The second-order valence-corrected chi connectivity index (χ2v) is 10.9. The Morgan fingerprint density at radius 2 is 2.06 bits per heavy atom. The first-order chi connectivity index (χ1) is 16.5. The molecule has 3 bridgehead atoms. The predicted molar refractivity (Wildman–Crippen MR) is 122 cm³/mol. The Morgan fingerprint density at radius 1 is 1.21 bits per heavy atom. The summed E-state index contributed by atoms with van der Waals surface area (Å²) in [6.45, 7) is 1.20. The normalized spacial score (nSPS) is 17.9. The molecule has 2 aliphatic heterocycles. The first-order valence-corrected chi connectivity index (χ1v) is 13.1. The van der Waals surface area contributed by atoms with Crippen LogP contribution in [0.1, 0.15) is 22.5 Å². The van der Waals surface area contributed by atoms with Gasteiger partial charge in [-0.25, -0.2) is 0 Å². The number of amides is 2. The maximum absolute atomic E-state index is 14.4. The van der Waals surface area contributed by atoms with Crippen molar-refractivity contribution in [1.29, 1.82) is 0 Å². The topological polar surface area (TPSA) is 120 Å². The monoisotopic (exact) mass is 577 g/mol. The van der Waals surface area contributed by atoms with Gasteiger partial charge in [-0.1, -0.05) is 0 Å². The zero-order valence-corrected chi connectivity index (χ0v) is 20.5. The number of carbonyl (C=O) groups is 2. The van der Waals surface area contributed by atoms with E-state index in [9.17, 15) is 14.0 Å². The third-order valence-electron chi connectivity index (χ3n) is 5.66. The van der Waals surface area contributed by atoms with Crippen LogP contribution in [0.2, 0.25) is 0 Å². The zero-order valence-electron chi connectivity index (χ0n) is 18.3. The predicted octanol–water partition coefficient (Wildman–Crippen LogP) is 0.194. The number of aromatic nitrogens is 2. The van der Waals surface area contributed by atoms with Gasteiger partial charge in [0.2, 0.25) is 0 Å². The molecule has 34 heavy (non-hydrogen) atoms. The van der Waals surface area contributed by atoms with Crippen molar-refractivity contribution in [3.63, 3.8) is 0 Å². The second-order valence-electron chi connectivity index (χ2n) is 7.83. The van der Waals surface area contributed by atoms with E-state index in [2.05, 4.69) is 31.2 Å². The van der Waals surface area contributed by atoms with E-state index in [4.69, 9.17) is 4.74 Å². The molecule has 1 unspecified atom stereocenters. The summed E-state index contributed by atoms with van der Waals surface area (Å²) >= 11 is -0.954. The van der Waals surface area contributed by atoms with Crippen LogP contribution in [0.15, 0.2) is 36.7 Å². The summed E-state index contributed by atoms with van der Waals surface area (Å²) in [6, 6.07) is 6.45. The van der Waals surface area contributed by atoms with Gasteiger partial charge in [0.25, 0.3) is 0 Å². The van der Waals surface area contributed by atoms with E-state index in [1.54, 1.807) is 24.5 Å². The number of nitrogens with zero attached hydrogens (tertiary/aromatic N) is 1. The fourth-order valence-electron chi connectivity index (χ4n) is 4.15. The molecule has 178 valence electrons. The minimum atomic E-state index is -0.954. The van der Waals surface area contributed by atoms with E-state index in [-0.39, 0.29) is 19.6 Å².